The zero-order chi connectivity index (χ0) is 21.7. The molecule has 1 saturated heterocycles. The van der Waals surface area contributed by atoms with Gasteiger partial charge in [-0.2, -0.15) is 13.2 Å². The molecule has 1 heterocycles. The summed E-state index contributed by atoms with van der Waals surface area (Å²) in [5.41, 5.74) is 1.40. The Hall–Kier alpha value is -2.45. The minimum Gasteiger partial charge on any atom is -0.493 e. The maximum atomic E-state index is 12.7. The van der Waals surface area contributed by atoms with Gasteiger partial charge < -0.3 is 24.0 Å². The summed E-state index contributed by atoms with van der Waals surface area (Å²) in [6, 6.07) is 9.41. The van der Waals surface area contributed by atoms with E-state index >= 15 is 0 Å². The number of hydrogen-bond acceptors (Lipinski definition) is 3. The normalized spacial score (nSPS) is 19.4. The van der Waals surface area contributed by atoms with E-state index in [1.165, 1.54) is 21.9 Å². The SMILES string of the molecule is COc1ccc(C[NH+]2CC[NH+](Cc3ccc(C(F)(F)F)cc3)CC2)c(OC)c1OC. The van der Waals surface area contributed by atoms with Crippen LogP contribution in [0.1, 0.15) is 16.7 Å². The molecule has 0 spiro atoms. The van der Waals surface area contributed by atoms with Crippen LogP contribution in [-0.2, 0) is 19.3 Å². The van der Waals surface area contributed by atoms with Gasteiger partial charge in [0.2, 0.25) is 5.75 Å². The summed E-state index contributed by atoms with van der Waals surface area (Å²) in [4.78, 5) is 2.83. The van der Waals surface area contributed by atoms with Gasteiger partial charge in [0, 0.05) is 5.56 Å². The van der Waals surface area contributed by atoms with E-state index < -0.39 is 11.7 Å². The molecule has 2 N–H and O–H groups in total. The van der Waals surface area contributed by atoms with Crippen LogP contribution in [0.25, 0.3) is 0 Å². The van der Waals surface area contributed by atoms with Crippen molar-refractivity contribution >= 4 is 0 Å². The van der Waals surface area contributed by atoms with Crippen LogP contribution in [0.5, 0.6) is 17.2 Å². The number of nitrogens with one attached hydrogen (secondary N) is 2. The molecular formula is C22H29F3N2O3+2. The number of alkyl halides is 3. The van der Waals surface area contributed by atoms with Gasteiger partial charge in [-0.05, 0) is 24.3 Å². The predicted octanol–water partition coefficient (Wildman–Crippen LogP) is 1.21. The first-order valence-corrected chi connectivity index (χ1v) is 9.96. The van der Waals surface area contributed by atoms with Crippen molar-refractivity contribution in [3.05, 3.63) is 53.1 Å². The number of ether oxygens (including phenoxy) is 3. The molecule has 0 atom stereocenters. The Bertz CT molecular complexity index is 833. The highest BCUT2D eigenvalue weighted by molar-refractivity contribution is 5.55. The molecule has 1 aliphatic heterocycles. The molecule has 2 aromatic carbocycles. The Morgan fingerprint density at radius 2 is 1.30 bits per heavy atom. The van der Waals surface area contributed by atoms with Gasteiger partial charge >= 0.3 is 6.18 Å². The highest BCUT2D eigenvalue weighted by atomic mass is 19.4. The average molecular weight is 426 g/mol. The van der Waals surface area contributed by atoms with E-state index in [-0.39, 0.29) is 0 Å². The van der Waals surface area contributed by atoms with Gasteiger partial charge in [-0.3, -0.25) is 0 Å². The van der Waals surface area contributed by atoms with Crippen molar-refractivity contribution in [2.75, 3.05) is 47.5 Å². The Kier molecular flexibility index (Phi) is 7.10. The maximum absolute atomic E-state index is 12.7. The lowest BCUT2D eigenvalue weighted by Gasteiger charge is -2.30. The van der Waals surface area contributed by atoms with Crippen LogP contribution in [-0.4, -0.2) is 47.5 Å². The summed E-state index contributed by atoms with van der Waals surface area (Å²) in [5, 5.41) is 0. The lowest BCUT2D eigenvalue weighted by Crippen LogP contribution is -3.27. The number of quaternary nitrogens is 2. The van der Waals surface area contributed by atoms with Crippen molar-refractivity contribution in [1.29, 1.82) is 0 Å². The number of rotatable bonds is 7. The van der Waals surface area contributed by atoms with Crippen molar-refractivity contribution < 1.29 is 37.2 Å². The molecule has 1 aliphatic rings. The third-order valence-electron chi connectivity index (χ3n) is 5.63. The van der Waals surface area contributed by atoms with Crippen LogP contribution in [0.2, 0.25) is 0 Å². The third kappa shape index (κ3) is 5.17. The van der Waals surface area contributed by atoms with Crippen LogP contribution < -0.4 is 24.0 Å². The minimum absolute atomic E-state index is 0.598. The maximum Gasteiger partial charge on any atom is 0.416 e. The van der Waals surface area contributed by atoms with Crippen LogP contribution in [0.4, 0.5) is 13.2 Å². The number of piperazine rings is 1. The molecule has 2 aromatic rings. The monoisotopic (exact) mass is 426 g/mol. The zero-order valence-corrected chi connectivity index (χ0v) is 17.6. The van der Waals surface area contributed by atoms with Gasteiger partial charge in [0.1, 0.15) is 39.3 Å². The molecule has 0 bridgehead atoms. The first-order valence-electron chi connectivity index (χ1n) is 9.96. The first-order chi connectivity index (χ1) is 14.4. The first kappa shape index (κ1) is 22.2. The molecule has 0 aromatic heterocycles. The van der Waals surface area contributed by atoms with Crippen molar-refractivity contribution in [2.45, 2.75) is 19.3 Å². The number of halogens is 3. The Morgan fingerprint density at radius 3 is 1.80 bits per heavy atom. The number of benzene rings is 2. The molecule has 3 rings (SSSR count). The van der Waals surface area contributed by atoms with Crippen molar-refractivity contribution in [3.63, 3.8) is 0 Å². The fraction of sp³-hybridized carbons (Fsp3) is 0.455. The van der Waals surface area contributed by atoms with E-state index in [4.69, 9.17) is 14.2 Å². The van der Waals surface area contributed by atoms with Crippen molar-refractivity contribution in [3.8, 4) is 17.2 Å². The lowest BCUT2D eigenvalue weighted by atomic mass is 10.1. The van der Waals surface area contributed by atoms with E-state index in [0.717, 1.165) is 50.4 Å². The molecule has 0 unspecified atom stereocenters. The fourth-order valence-corrected chi connectivity index (χ4v) is 3.98. The Morgan fingerprint density at radius 1 is 0.733 bits per heavy atom. The lowest BCUT2D eigenvalue weighted by molar-refractivity contribution is -1.02. The van der Waals surface area contributed by atoms with E-state index in [9.17, 15) is 13.2 Å². The summed E-state index contributed by atoms with van der Waals surface area (Å²) < 4.78 is 54.5. The fourth-order valence-electron chi connectivity index (χ4n) is 3.98. The highest BCUT2D eigenvalue weighted by Crippen LogP contribution is 2.39. The van der Waals surface area contributed by atoms with Gasteiger partial charge in [-0.1, -0.05) is 12.1 Å². The summed E-state index contributed by atoms with van der Waals surface area (Å²) in [6.07, 6.45) is -4.29. The Labute approximate surface area is 174 Å². The van der Waals surface area contributed by atoms with Crippen molar-refractivity contribution in [1.82, 2.24) is 0 Å². The number of methoxy groups -OCH3 is 3. The second-order valence-electron chi connectivity index (χ2n) is 7.54. The largest absolute Gasteiger partial charge is 0.493 e. The molecule has 8 heteroatoms. The Balaban J connectivity index is 1.57. The zero-order valence-electron chi connectivity index (χ0n) is 17.6. The molecular weight excluding hydrogens is 397 g/mol. The van der Waals surface area contributed by atoms with Gasteiger partial charge in [-0.15, -0.1) is 0 Å². The quantitative estimate of drug-likeness (QED) is 0.699. The molecule has 5 nitrogen and oxygen atoms in total. The van der Waals surface area contributed by atoms with Gasteiger partial charge in [0.15, 0.2) is 11.5 Å². The molecule has 0 aliphatic carbocycles. The summed E-state index contributed by atoms with van der Waals surface area (Å²) in [5.74, 6) is 1.94. The number of hydrogen-bond donors (Lipinski definition) is 2. The van der Waals surface area contributed by atoms with E-state index in [1.807, 2.05) is 12.1 Å². The smallest absolute Gasteiger partial charge is 0.416 e. The van der Waals surface area contributed by atoms with Gasteiger partial charge in [0.25, 0.3) is 0 Å². The molecule has 0 amide bonds. The van der Waals surface area contributed by atoms with E-state index in [1.54, 1.807) is 33.5 Å². The molecule has 0 radical (unpaired) electrons. The standard InChI is InChI=1S/C22H27F3N2O3/c1-28-19-9-6-17(20(29-2)21(19)30-3)15-27-12-10-26(11-13-27)14-16-4-7-18(8-5-16)22(23,24)25/h4-9H,10-15H2,1-3H3/p+2. The molecule has 0 saturated carbocycles. The summed E-state index contributed by atoms with van der Waals surface area (Å²) in [6.45, 7) is 5.45. The van der Waals surface area contributed by atoms with Crippen LogP contribution in [0, 0.1) is 0 Å². The highest BCUT2D eigenvalue weighted by Gasteiger charge is 2.30. The second-order valence-corrected chi connectivity index (χ2v) is 7.54. The van der Waals surface area contributed by atoms with Crippen LogP contribution >= 0.6 is 0 Å². The second kappa shape index (κ2) is 9.57. The predicted molar refractivity (Wildman–Crippen MR) is 106 cm³/mol. The van der Waals surface area contributed by atoms with Crippen molar-refractivity contribution in [2.24, 2.45) is 0 Å². The van der Waals surface area contributed by atoms with E-state index in [0.29, 0.717) is 17.2 Å². The average Bonchev–Trinajstić information content (AvgIpc) is 2.74. The minimum atomic E-state index is -4.29. The molecule has 30 heavy (non-hydrogen) atoms. The van der Waals surface area contributed by atoms with Gasteiger partial charge in [-0.25, -0.2) is 0 Å². The third-order valence-corrected chi connectivity index (χ3v) is 5.63. The topological polar surface area (TPSA) is 36.6 Å². The van der Waals surface area contributed by atoms with Crippen LogP contribution in [0.3, 0.4) is 0 Å². The summed E-state index contributed by atoms with van der Waals surface area (Å²) >= 11 is 0. The summed E-state index contributed by atoms with van der Waals surface area (Å²) in [7, 11) is 4.82. The van der Waals surface area contributed by atoms with E-state index in [2.05, 4.69) is 0 Å². The van der Waals surface area contributed by atoms with Crippen LogP contribution in [0.15, 0.2) is 36.4 Å². The molecule has 1 fully saturated rings. The molecule has 164 valence electrons. The van der Waals surface area contributed by atoms with Gasteiger partial charge in [0.05, 0.1) is 32.5 Å².